The van der Waals surface area contributed by atoms with Crippen molar-refractivity contribution in [3.05, 3.63) is 0 Å². The van der Waals surface area contributed by atoms with Gasteiger partial charge in [-0.25, -0.2) is 0 Å². The van der Waals surface area contributed by atoms with Gasteiger partial charge < -0.3 is 10.5 Å². The number of hydrogen-bond donors (Lipinski definition) is 1. The molecule has 2 nitrogen and oxygen atoms in total. The zero-order valence-electron chi connectivity index (χ0n) is 4.56. The third-order valence-corrected chi connectivity index (χ3v) is 0.635. The summed E-state index contributed by atoms with van der Waals surface area (Å²) in [6.45, 7) is 3.13. The third kappa shape index (κ3) is 2.40. The predicted molar refractivity (Wildman–Crippen MR) is 29.0 cm³/mol. The summed E-state index contributed by atoms with van der Waals surface area (Å²) >= 11 is 0. The lowest BCUT2D eigenvalue weighted by molar-refractivity contribution is -0.115. The molecule has 3 heteroatoms. The maximum Gasteiger partial charge on any atom is 0.170 e. The van der Waals surface area contributed by atoms with Crippen LogP contribution in [0.1, 0.15) is 13.8 Å². The van der Waals surface area contributed by atoms with Crippen molar-refractivity contribution in [2.24, 2.45) is 5.73 Å². The van der Waals surface area contributed by atoms with E-state index in [4.69, 9.17) is 13.6 Å². The first kappa shape index (κ1) is 6.69. The lowest BCUT2D eigenvalue weighted by Crippen LogP contribution is -2.41. The van der Waals surface area contributed by atoms with Gasteiger partial charge >= 0.3 is 0 Å². The number of carbonyl (C=O) groups excluding carboxylic acids is 1. The van der Waals surface area contributed by atoms with Gasteiger partial charge in [-0.1, -0.05) is 0 Å². The first-order valence-electron chi connectivity index (χ1n) is 2.03. The van der Waals surface area contributed by atoms with Gasteiger partial charge in [-0.05, 0) is 13.8 Å². The van der Waals surface area contributed by atoms with Crippen molar-refractivity contribution in [3.8, 4) is 0 Å². The maximum absolute atomic E-state index is 10.1. The summed E-state index contributed by atoms with van der Waals surface area (Å²) in [5.41, 5.74) is 3.86. The smallest absolute Gasteiger partial charge is 0.170 e. The van der Waals surface area contributed by atoms with Crippen molar-refractivity contribution in [3.63, 3.8) is 0 Å². The van der Waals surface area contributed by atoms with Gasteiger partial charge in [-0.15, -0.1) is 0 Å². The topological polar surface area (TPSA) is 43.1 Å². The van der Waals surface area contributed by atoms with Crippen LogP contribution in [-0.2, 0) is 4.79 Å². The van der Waals surface area contributed by atoms with Gasteiger partial charge in [-0.2, -0.15) is 0 Å². The van der Waals surface area contributed by atoms with Crippen LogP contribution in [0.2, 0.25) is 0 Å². The molecule has 0 unspecified atom stereocenters. The minimum atomic E-state index is -0.861. The van der Waals surface area contributed by atoms with E-state index in [1.807, 2.05) is 0 Å². The second kappa shape index (κ2) is 1.66. The van der Waals surface area contributed by atoms with Gasteiger partial charge in [0.05, 0.1) is 11.2 Å². The second-order valence-corrected chi connectivity index (χ2v) is 2.09. The Morgan fingerprint density at radius 3 is 1.86 bits per heavy atom. The summed E-state index contributed by atoms with van der Waals surface area (Å²) < 4.78 is 0. The Labute approximate surface area is 44.5 Å². The predicted octanol–water partition coefficient (Wildman–Crippen LogP) is -0.581. The Hall–Kier alpha value is -0.305. The summed E-state index contributed by atoms with van der Waals surface area (Å²) in [7, 11) is 4.81. The molecule has 0 heterocycles. The van der Waals surface area contributed by atoms with Crippen molar-refractivity contribution in [2.45, 2.75) is 19.4 Å². The molecule has 0 aliphatic carbocycles. The molecule has 7 heavy (non-hydrogen) atoms. The highest BCUT2D eigenvalue weighted by atomic mass is 16.1. The number of rotatable bonds is 1. The van der Waals surface area contributed by atoms with E-state index in [1.165, 1.54) is 0 Å². The van der Waals surface area contributed by atoms with E-state index in [9.17, 15) is 4.79 Å². The van der Waals surface area contributed by atoms with Crippen molar-refractivity contribution in [1.82, 2.24) is 0 Å². The minimum absolute atomic E-state index is 0.479. The highest BCUT2D eigenvalue weighted by molar-refractivity contribution is 6.59. The van der Waals surface area contributed by atoms with Crippen LogP contribution in [0.15, 0.2) is 0 Å². The second-order valence-electron chi connectivity index (χ2n) is 2.09. The van der Waals surface area contributed by atoms with Crippen molar-refractivity contribution >= 4 is 13.5 Å². The Bertz CT molecular complexity index is 84.2. The van der Waals surface area contributed by atoms with Gasteiger partial charge in [0.25, 0.3) is 0 Å². The Kier molecular flexibility index (Phi) is 1.59. The van der Waals surface area contributed by atoms with Crippen LogP contribution >= 0.6 is 0 Å². The van der Waals surface area contributed by atoms with Crippen molar-refractivity contribution < 1.29 is 4.79 Å². The molecule has 0 spiro atoms. The summed E-state index contributed by atoms with van der Waals surface area (Å²) in [6, 6.07) is 0. The van der Waals surface area contributed by atoms with Crippen LogP contribution in [0.5, 0.6) is 0 Å². The molecule has 0 saturated carbocycles. The van der Waals surface area contributed by atoms with Gasteiger partial charge in [0.2, 0.25) is 0 Å². The molecule has 0 aromatic rings. The lowest BCUT2D eigenvalue weighted by Gasteiger charge is -2.12. The van der Waals surface area contributed by atoms with E-state index < -0.39 is 11.2 Å². The van der Waals surface area contributed by atoms with Crippen LogP contribution in [-0.4, -0.2) is 19.1 Å². The molecule has 0 saturated heterocycles. The average Bonchev–Trinajstić information content (AvgIpc) is 1.31. The molecule has 0 amide bonds. The molecular formula is C4H8BNO. The van der Waals surface area contributed by atoms with Gasteiger partial charge in [0.15, 0.2) is 7.85 Å². The normalized spacial score (nSPS) is 11.3. The fraction of sp³-hybridized carbons (Fsp3) is 0.750. The zero-order chi connectivity index (χ0) is 6.08. The molecule has 38 valence electrons. The molecule has 0 aliphatic heterocycles. The molecular weight excluding hydrogens is 88.9 g/mol. The number of nitrogens with two attached hydrogens (primary N) is 1. The van der Waals surface area contributed by atoms with E-state index in [2.05, 4.69) is 0 Å². The first-order valence-corrected chi connectivity index (χ1v) is 2.03. The fourth-order valence-electron chi connectivity index (χ4n) is 0. The number of carbonyl (C=O) groups is 1. The molecule has 0 atom stereocenters. The Balaban J connectivity index is 3.79. The molecule has 0 aromatic heterocycles. The largest absolute Gasteiger partial charge is 0.320 e. The molecule has 2 N–H and O–H groups in total. The monoisotopic (exact) mass is 97.1 g/mol. The fourth-order valence-corrected chi connectivity index (χ4v) is 0. The van der Waals surface area contributed by atoms with Crippen LogP contribution < -0.4 is 5.73 Å². The Morgan fingerprint density at radius 2 is 1.86 bits per heavy atom. The molecule has 0 rings (SSSR count). The first-order chi connectivity index (χ1) is 2.94. The quantitative estimate of drug-likeness (QED) is 0.444. The molecule has 0 bridgehead atoms. The van der Waals surface area contributed by atoms with Crippen molar-refractivity contribution in [1.29, 1.82) is 0 Å². The molecule has 0 aromatic carbocycles. The summed E-state index contributed by atoms with van der Waals surface area (Å²) in [5, 5.41) is 0. The average molecular weight is 96.9 g/mol. The molecule has 0 fully saturated rings. The maximum atomic E-state index is 10.1. The standard InChI is InChI=1S/C4H8BNO/c1-4(2,6)3(5)7/h6H2,1-2H3. The van der Waals surface area contributed by atoms with E-state index in [1.54, 1.807) is 13.8 Å². The zero-order valence-corrected chi connectivity index (χ0v) is 4.56. The third-order valence-electron chi connectivity index (χ3n) is 0.635. The lowest BCUT2D eigenvalue weighted by atomic mass is 9.86. The summed E-state index contributed by atoms with van der Waals surface area (Å²) in [4.78, 5) is 10.1. The summed E-state index contributed by atoms with van der Waals surface area (Å²) in [6.07, 6.45) is 0. The van der Waals surface area contributed by atoms with E-state index >= 15 is 0 Å². The number of hydrogen-bond acceptors (Lipinski definition) is 2. The van der Waals surface area contributed by atoms with Crippen LogP contribution in [0, 0.1) is 0 Å². The van der Waals surface area contributed by atoms with E-state index in [0.717, 1.165) is 0 Å². The van der Waals surface area contributed by atoms with Gasteiger partial charge in [0.1, 0.15) is 0 Å². The van der Waals surface area contributed by atoms with Crippen LogP contribution in [0.3, 0.4) is 0 Å². The van der Waals surface area contributed by atoms with Crippen LogP contribution in [0.25, 0.3) is 0 Å². The van der Waals surface area contributed by atoms with Crippen LogP contribution in [0.4, 0.5) is 0 Å². The minimum Gasteiger partial charge on any atom is -0.320 e. The SMILES string of the molecule is [B]C(=O)C(C)(C)N. The molecule has 2 radical (unpaired) electrons. The molecule has 0 aliphatic rings. The highest BCUT2D eigenvalue weighted by Gasteiger charge is 2.14. The summed E-state index contributed by atoms with van der Waals surface area (Å²) in [5.74, 6) is 0. The van der Waals surface area contributed by atoms with Gasteiger partial charge in [-0.3, -0.25) is 0 Å². The highest BCUT2D eigenvalue weighted by Crippen LogP contribution is 1.92. The van der Waals surface area contributed by atoms with E-state index in [0.29, 0.717) is 0 Å². The van der Waals surface area contributed by atoms with Gasteiger partial charge in [0, 0.05) is 0 Å². The van der Waals surface area contributed by atoms with Crippen molar-refractivity contribution in [2.75, 3.05) is 0 Å². The Morgan fingerprint density at radius 1 is 1.71 bits per heavy atom. The van der Waals surface area contributed by atoms with E-state index in [-0.39, 0.29) is 0 Å².